The van der Waals surface area contributed by atoms with Gasteiger partial charge < -0.3 is 11.1 Å². The molecule has 1 heterocycles. The fourth-order valence-corrected chi connectivity index (χ4v) is 1.54. The van der Waals surface area contributed by atoms with Crippen LogP contribution in [0.3, 0.4) is 0 Å². The highest BCUT2D eigenvalue weighted by Crippen LogP contribution is 2.34. The largest absolute Gasteiger partial charge is 0.383 e. The molecule has 0 spiro atoms. The van der Waals surface area contributed by atoms with E-state index < -0.39 is 0 Å². The zero-order chi connectivity index (χ0) is 10.1. The van der Waals surface area contributed by atoms with E-state index in [1.807, 2.05) is 6.92 Å². The highest BCUT2D eigenvalue weighted by molar-refractivity contribution is 5.54. The van der Waals surface area contributed by atoms with Crippen molar-refractivity contribution in [1.29, 1.82) is 0 Å². The molecule has 1 aromatic heterocycles. The smallest absolute Gasteiger partial charge is 0.134 e. The molecule has 1 atom stereocenters. The molecule has 0 bridgehead atoms. The second kappa shape index (κ2) is 3.44. The van der Waals surface area contributed by atoms with E-state index in [0.29, 0.717) is 11.9 Å². The van der Waals surface area contributed by atoms with Crippen molar-refractivity contribution < 1.29 is 0 Å². The molecule has 0 aromatic carbocycles. The van der Waals surface area contributed by atoms with Crippen LogP contribution in [-0.2, 0) is 0 Å². The molecule has 1 unspecified atom stereocenters. The van der Waals surface area contributed by atoms with Gasteiger partial charge in [-0.3, -0.25) is 0 Å². The average molecular weight is 192 g/mol. The van der Waals surface area contributed by atoms with E-state index in [1.54, 1.807) is 0 Å². The summed E-state index contributed by atoms with van der Waals surface area (Å²) in [6.45, 7) is 4.13. The van der Waals surface area contributed by atoms with Crippen LogP contribution in [0.25, 0.3) is 0 Å². The predicted molar refractivity (Wildman–Crippen MR) is 57.0 cm³/mol. The van der Waals surface area contributed by atoms with E-state index in [1.165, 1.54) is 19.2 Å². The van der Waals surface area contributed by atoms with Crippen molar-refractivity contribution in [2.24, 2.45) is 5.92 Å². The molecule has 76 valence electrons. The van der Waals surface area contributed by atoms with Crippen LogP contribution >= 0.6 is 0 Å². The van der Waals surface area contributed by atoms with E-state index >= 15 is 0 Å². The van der Waals surface area contributed by atoms with Gasteiger partial charge in [0.25, 0.3) is 0 Å². The molecule has 3 N–H and O–H groups in total. The number of nitrogens with zero attached hydrogens (tertiary/aromatic N) is 2. The van der Waals surface area contributed by atoms with Gasteiger partial charge in [-0.1, -0.05) is 0 Å². The fraction of sp³-hybridized carbons (Fsp3) is 0.600. The maximum atomic E-state index is 5.70. The maximum Gasteiger partial charge on any atom is 0.134 e. The third-order valence-electron chi connectivity index (χ3n) is 2.82. The predicted octanol–water partition coefficient (Wildman–Crippen LogP) is 1.58. The van der Waals surface area contributed by atoms with E-state index in [4.69, 9.17) is 5.73 Å². The number of anilines is 2. The minimum absolute atomic E-state index is 0.489. The second-order valence-corrected chi connectivity index (χ2v) is 4.00. The summed E-state index contributed by atoms with van der Waals surface area (Å²) in [6.07, 6.45) is 4.16. The molecule has 1 aliphatic rings. The van der Waals surface area contributed by atoms with Gasteiger partial charge in [0, 0.05) is 11.6 Å². The van der Waals surface area contributed by atoms with Gasteiger partial charge in [-0.05, 0) is 32.6 Å². The fourth-order valence-electron chi connectivity index (χ4n) is 1.54. The third kappa shape index (κ3) is 1.78. The lowest BCUT2D eigenvalue weighted by Crippen LogP contribution is -2.19. The molecule has 1 saturated carbocycles. The standard InChI is InChI=1S/C10H16N4/c1-6-9(11)12-5-13-10(6)14-7(2)8-3-4-8/h5,7-8H,3-4H2,1-2H3,(H3,11,12,13,14). The Bertz CT molecular complexity index is 333. The SMILES string of the molecule is Cc1c(N)ncnc1NC(C)C1CC1. The van der Waals surface area contributed by atoms with Crippen molar-refractivity contribution in [1.82, 2.24) is 9.97 Å². The molecular weight excluding hydrogens is 176 g/mol. The molecule has 0 radical (unpaired) electrons. The molecule has 1 aromatic rings. The van der Waals surface area contributed by atoms with Gasteiger partial charge >= 0.3 is 0 Å². The Morgan fingerprint density at radius 3 is 2.86 bits per heavy atom. The molecule has 1 aliphatic carbocycles. The van der Waals surface area contributed by atoms with Gasteiger partial charge in [0.15, 0.2) is 0 Å². The quantitative estimate of drug-likeness (QED) is 0.763. The number of hydrogen-bond donors (Lipinski definition) is 2. The van der Waals surface area contributed by atoms with Crippen LogP contribution < -0.4 is 11.1 Å². The Morgan fingerprint density at radius 2 is 2.21 bits per heavy atom. The first kappa shape index (κ1) is 9.24. The molecule has 4 nitrogen and oxygen atoms in total. The third-order valence-corrected chi connectivity index (χ3v) is 2.82. The minimum Gasteiger partial charge on any atom is -0.383 e. The van der Waals surface area contributed by atoms with Crippen molar-refractivity contribution >= 4 is 11.6 Å². The lowest BCUT2D eigenvalue weighted by molar-refractivity contribution is 0.689. The first-order valence-corrected chi connectivity index (χ1v) is 5.02. The Balaban J connectivity index is 2.11. The van der Waals surface area contributed by atoms with Crippen molar-refractivity contribution in [3.05, 3.63) is 11.9 Å². The topological polar surface area (TPSA) is 63.8 Å². The average Bonchev–Trinajstić information content (AvgIpc) is 2.95. The van der Waals surface area contributed by atoms with Gasteiger partial charge in [-0.15, -0.1) is 0 Å². The first-order valence-electron chi connectivity index (χ1n) is 5.02. The van der Waals surface area contributed by atoms with Crippen molar-refractivity contribution in [3.8, 4) is 0 Å². The molecule has 0 saturated heterocycles. The summed E-state index contributed by atoms with van der Waals surface area (Å²) in [7, 11) is 0. The molecule has 1 fully saturated rings. The maximum absolute atomic E-state index is 5.70. The Kier molecular flexibility index (Phi) is 2.27. The van der Waals surface area contributed by atoms with Crippen molar-refractivity contribution in [3.63, 3.8) is 0 Å². The second-order valence-electron chi connectivity index (χ2n) is 4.00. The summed E-state index contributed by atoms with van der Waals surface area (Å²) in [5.41, 5.74) is 6.64. The van der Waals surface area contributed by atoms with Crippen LogP contribution in [0.15, 0.2) is 6.33 Å². The summed E-state index contributed by atoms with van der Waals surface area (Å²) in [5, 5.41) is 3.38. The van der Waals surface area contributed by atoms with E-state index in [2.05, 4.69) is 22.2 Å². The monoisotopic (exact) mass is 192 g/mol. The highest BCUT2D eigenvalue weighted by Gasteiger charge is 2.28. The van der Waals surface area contributed by atoms with E-state index in [-0.39, 0.29) is 0 Å². The molecule has 14 heavy (non-hydrogen) atoms. The van der Waals surface area contributed by atoms with Gasteiger partial charge in [-0.25, -0.2) is 9.97 Å². The Hall–Kier alpha value is -1.32. The number of nitrogens with two attached hydrogens (primary N) is 1. The van der Waals surface area contributed by atoms with Gasteiger partial charge in [-0.2, -0.15) is 0 Å². The summed E-state index contributed by atoms with van der Waals surface area (Å²) >= 11 is 0. The summed E-state index contributed by atoms with van der Waals surface area (Å²) in [5.74, 6) is 2.24. The molecular formula is C10H16N4. The number of nitrogen functional groups attached to an aromatic ring is 1. The van der Waals surface area contributed by atoms with Gasteiger partial charge in [0.2, 0.25) is 0 Å². The lowest BCUT2D eigenvalue weighted by Gasteiger charge is -2.15. The highest BCUT2D eigenvalue weighted by atomic mass is 15.1. The van der Waals surface area contributed by atoms with Gasteiger partial charge in [0.05, 0.1) is 0 Å². The van der Waals surface area contributed by atoms with Gasteiger partial charge in [0.1, 0.15) is 18.0 Å². The number of hydrogen-bond acceptors (Lipinski definition) is 4. The normalized spacial score (nSPS) is 17.9. The summed E-state index contributed by atoms with van der Waals surface area (Å²) in [6, 6.07) is 0.489. The number of nitrogens with one attached hydrogen (secondary N) is 1. The van der Waals surface area contributed by atoms with Crippen LogP contribution in [-0.4, -0.2) is 16.0 Å². The van der Waals surface area contributed by atoms with Crippen LogP contribution in [0.1, 0.15) is 25.3 Å². The molecule has 0 amide bonds. The van der Waals surface area contributed by atoms with E-state index in [9.17, 15) is 0 Å². The Labute approximate surface area is 83.9 Å². The molecule has 0 aliphatic heterocycles. The van der Waals surface area contributed by atoms with Crippen LogP contribution in [0, 0.1) is 12.8 Å². The Morgan fingerprint density at radius 1 is 1.50 bits per heavy atom. The van der Waals surface area contributed by atoms with Crippen LogP contribution in [0.4, 0.5) is 11.6 Å². The van der Waals surface area contributed by atoms with E-state index in [0.717, 1.165) is 17.3 Å². The summed E-state index contributed by atoms with van der Waals surface area (Å²) < 4.78 is 0. The first-order chi connectivity index (χ1) is 6.68. The number of aromatic nitrogens is 2. The number of rotatable bonds is 3. The summed E-state index contributed by atoms with van der Waals surface area (Å²) in [4.78, 5) is 8.12. The van der Waals surface area contributed by atoms with Crippen molar-refractivity contribution in [2.75, 3.05) is 11.1 Å². The molecule has 2 rings (SSSR count). The van der Waals surface area contributed by atoms with Crippen LogP contribution in [0.2, 0.25) is 0 Å². The zero-order valence-electron chi connectivity index (χ0n) is 8.62. The minimum atomic E-state index is 0.489. The zero-order valence-corrected chi connectivity index (χ0v) is 8.62. The molecule has 4 heteroatoms. The lowest BCUT2D eigenvalue weighted by atomic mass is 10.2. The van der Waals surface area contributed by atoms with Crippen molar-refractivity contribution in [2.45, 2.75) is 32.7 Å². The van der Waals surface area contributed by atoms with Crippen LogP contribution in [0.5, 0.6) is 0 Å².